The summed E-state index contributed by atoms with van der Waals surface area (Å²) in [6.45, 7) is 13.5. The largest absolute Gasteiger partial charge is 0.330 e. The monoisotopic (exact) mass is 288 g/mol. The summed E-state index contributed by atoms with van der Waals surface area (Å²) >= 11 is 0. The molecule has 1 saturated heterocycles. The SMILES string of the molecule is CC1CCCN(CC(CN)c2ccc(C(C)(C)C)cc2)C1. The highest BCUT2D eigenvalue weighted by Crippen LogP contribution is 2.25. The van der Waals surface area contributed by atoms with Gasteiger partial charge in [-0.25, -0.2) is 0 Å². The summed E-state index contributed by atoms with van der Waals surface area (Å²) in [5.74, 6) is 1.30. The second-order valence-corrected chi connectivity index (χ2v) is 7.81. The van der Waals surface area contributed by atoms with E-state index in [0.717, 1.165) is 19.0 Å². The van der Waals surface area contributed by atoms with E-state index in [4.69, 9.17) is 5.73 Å². The molecule has 0 aromatic heterocycles. The molecule has 1 aromatic carbocycles. The molecule has 2 N–H and O–H groups in total. The molecule has 1 heterocycles. The van der Waals surface area contributed by atoms with Crippen LogP contribution in [0.1, 0.15) is 57.6 Å². The first kappa shape index (κ1) is 16.5. The topological polar surface area (TPSA) is 29.3 Å². The van der Waals surface area contributed by atoms with Crippen molar-refractivity contribution in [3.63, 3.8) is 0 Å². The fourth-order valence-corrected chi connectivity index (χ4v) is 3.34. The average molecular weight is 288 g/mol. The molecule has 0 spiro atoms. The van der Waals surface area contributed by atoms with Crippen molar-refractivity contribution in [3.8, 4) is 0 Å². The number of rotatable bonds is 4. The molecule has 2 rings (SSSR count). The lowest BCUT2D eigenvalue weighted by Crippen LogP contribution is -2.38. The molecule has 0 saturated carbocycles. The van der Waals surface area contributed by atoms with E-state index in [-0.39, 0.29) is 5.41 Å². The van der Waals surface area contributed by atoms with Gasteiger partial charge in [-0.3, -0.25) is 0 Å². The number of likely N-dealkylation sites (tertiary alicyclic amines) is 1. The number of nitrogens with two attached hydrogens (primary N) is 1. The lowest BCUT2D eigenvalue weighted by molar-refractivity contribution is 0.175. The minimum atomic E-state index is 0.221. The van der Waals surface area contributed by atoms with Crippen molar-refractivity contribution in [1.82, 2.24) is 4.90 Å². The lowest BCUT2D eigenvalue weighted by Gasteiger charge is -2.33. The van der Waals surface area contributed by atoms with Crippen molar-refractivity contribution in [2.45, 2.75) is 51.9 Å². The molecule has 2 heteroatoms. The molecule has 2 atom stereocenters. The third-order valence-corrected chi connectivity index (χ3v) is 4.75. The molecule has 1 aromatic rings. The van der Waals surface area contributed by atoms with Crippen molar-refractivity contribution >= 4 is 0 Å². The summed E-state index contributed by atoms with van der Waals surface area (Å²) in [5.41, 5.74) is 9.06. The van der Waals surface area contributed by atoms with Gasteiger partial charge in [0.1, 0.15) is 0 Å². The first-order valence-electron chi connectivity index (χ1n) is 8.43. The smallest absolute Gasteiger partial charge is 0.00888 e. The van der Waals surface area contributed by atoms with Gasteiger partial charge in [0, 0.05) is 25.6 Å². The van der Waals surface area contributed by atoms with Gasteiger partial charge >= 0.3 is 0 Å². The Kier molecular flexibility index (Phi) is 5.45. The first-order chi connectivity index (χ1) is 9.90. The Morgan fingerprint density at radius 1 is 1.24 bits per heavy atom. The van der Waals surface area contributed by atoms with Gasteiger partial charge in [0.15, 0.2) is 0 Å². The quantitative estimate of drug-likeness (QED) is 0.914. The van der Waals surface area contributed by atoms with Crippen LogP contribution in [0.4, 0.5) is 0 Å². The molecule has 2 unspecified atom stereocenters. The van der Waals surface area contributed by atoms with Gasteiger partial charge in [-0.15, -0.1) is 0 Å². The Bertz CT molecular complexity index is 430. The molecular formula is C19H32N2. The first-order valence-corrected chi connectivity index (χ1v) is 8.43. The van der Waals surface area contributed by atoms with Gasteiger partial charge in [0.25, 0.3) is 0 Å². The van der Waals surface area contributed by atoms with Crippen LogP contribution in [-0.4, -0.2) is 31.1 Å². The van der Waals surface area contributed by atoms with Crippen molar-refractivity contribution in [2.24, 2.45) is 11.7 Å². The summed E-state index contributed by atoms with van der Waals surface area (Å²) in [6.07, 6.45) is 2.71. The summed E-state index contributed by atoms with van der Waals surface area (Å²) in [6, 6.07) is 9.12. The molecule has 0 amide bonds. The fraction of sp³-hybridized carbons (Fsp3) is 0.684. The number of hydrogen-bond acceptors (Lipinski definition) is 2. The number of benzene rings is 1. The Balaban J connectivity index is 2.03. The van der Waals surface area contributed by atoms with E-state index < -0.39 is 0 Å². The summed E-state index contributed by atoms with van der Waals surface area (Å²) in [5, 5.41) is 0. The van der Waals surface area contributed by atoms with Gasteiger partial charge in [-0.05, 0) is 41.8 Å². The summed E-state index contributed by atoms with van der Waals surface area (Å²) in [7, 11) is 0. The van der Waals surface area contributed by atoms with E-state index in [1.807, 2.05) is 0 Å². The highest BCUT2D eigenvalue weighted by molar-refractivity contribution is 5.30. The van der Waals surface area contributed by atoms with Gasteiger partial charge in [-0.1, -0.05) is 52.0 Å². The molecule has 1 aliphatic rings. The summed E-state index contributed by atoms with van der Waals surface area (Å²) in [4.78, 5) is 2.60. The molecular weight excluding hydrogens is 256 g/mol. The van der Waals surface area contributed by atoms with E-state index >= 15 is 0 Å². The minimum Gasteiger partial charge on any atom is -0.330 e. The van der Waals surface area contributed by atoms with Crippen molar-refractivity contribution < 1.29 is 0 Å². The van der Waals surface area contributed by atoms with Crippen LogP contribution in [0.25, 0.3) is 0 Å². The highest BCUT2D eigenvalue weighted by Gasteiger charge is 2.21. The van der Waals surface area contributed by atoms with Crippen LogP contribution in [0.5, 0.6) is 0 Å². The van der Waals surface area contributed by atoms with Crippen molar-refractivity contribution in [1.29, 1.82) is 0 Å². The molecule has 0 bridgehead atoms. The molecule has 1 aliphatic heterocycles. The standard InChI is InChI=1S/C19H32N2/c1-15-6-5-11-21(13-15)14-17(12-20)16-7-9-18(10-8-16)19(2,3)4/h7-10,15,17H,5-6,11-14,20H2,1-4H3. The Labute approximate surface area is 130 Å². The number of hydrogen-bond donors (Lipinski definition) is 1. The van der Waals surface area contributed by atoms with E-state index in [1.54, 1.807) is 0 Å². The maximum atomic E-state index is 6.05. The fourth-order valence-electron chi connectivity index (χ4n) is 3.34. The van der Waals surface area contributed by atoms with Crippen molar-refractivity contribution in [2.75, 3.05) is 26.2 Å². The normalized spacial score (nSPS) is 22.2. The second-order valence-electron chi connectivity index (χ2n) is 7.81. The zero-order valence-electron chi connectivity index (χ0n) is 14.2. The average Bonchev–Trinajstić information content (AvgIpc) is 2.44. The molecule has 21 heavy (non-hydrogen) atoms. The third kappa shape index (κ3) is 4.55. The zero-order valence-corrected chi connectivity index (χ0v) is 14.2. The predicted molar refractivity (Wildman–Crippen MR) is 91.8 cm³/mol. The maximum absolute atomic E-state index is 6.05. The van der Waals surface area contributed by atoms with Crippen LogP contribution < -0.4 is 5.73 Å². The molecule has 1 fully saturated rings. The Morgan fingerprint density at radius 2 is 1.90 bits per heavy atom. The predicted octanol–water partition coefficient (Wildman–Crippen LogP) is 3.76. The minimum absolute atomic E-state index is 0.221. The van der Waals surface area contributed by atoms with Gasteiger partial charge < -0.3 is 10.6 Å². The van der Waals surface area contributed by atoms with E-state index in [9.17, 15) is 0 Å². The molecule has 2 nitrogen and oxygen atoms in total. The lowest BCUT2D eigenvalue weighted by atomic mass is 9.85. The zero-order chi connectivity index (χ0) is 15.5. The molecule has 0 aliphatic carbocycles. The number of piperidine rings is 1. The van der Waals surface area contributed by atoms with Crippen LogP contribution in [-0.2, 0) is 5.41 Å². The Hall–Kier alpha value is -0.860. The van der Waals surface area contributed by atoms with Crippen LogP contribution >= 0.6 is 0 Å². The Morgan fingerprint density at radius 3 is 2.43 bits per heavy atom. The van der Waals surface area contributed by atoms with E-state index in [2.05, 4.69) is 56.9 Å². The van der Waals surface area contributed by atoms with Gasteiger partial charge in [0.05, 0.1) is 0 Å². The van der Waals surface area contributed by atoms with Crippen LogP contribution in [0.3, 0.4) is 0 Å². The number of nitrogens with zero attached hydrogens (tertiary/aromatic N) is 1. The van der Waals surface area contributed by atoms with Crippen LogP contribution in [0.15, 0.2) is 24.3 Å². The second kappa shape index (κ2) is 6.93. The third-order valence-electron chi connectivity index (χ3n) is 4.75. The molecule has 118 valence electrons. The highest BCUT2D eigenvalue weighted by atomic mass is 15.1. The van der Waals surface area contributed by atoms with Crippen LogP contribution in [0.2, 0.25) is 0 Å². The van der Waals surface area contributed by atoms with Gasteiger partial charge in [-0.2, -0.15) is 0 Å². The van der Waals surface area contributed by atoms with E-state index in [1.165, 1.54) is 37.1 Å². The van der Waals surface area contributed by atoms with Crippen LogP contribution in [0, 0.1) is 5.92 Å². The van der Waals surface area contributed by atoms with E-state index in [0.29, 0.717) is 5.92 Å². The maximum Gasteiger partial charge on any atom is 0.00888 e. The van der Waals surface area contributed by atoms with Gasteiger partial charge in [0.2, 0.25) is 0 Å². The van der Waals surface area contributed by atoms with Crippen molar-refractivity contribution in [3.05, 3.63) is 35.4 Å². The summed E-state index contributed by atoms with van der Waals surface area (Å²) < 4.78 is 0. The molecule has 0 radical (unpaired) electrons.